The summed E-state index contributed by atoms with van der Waals surface area (Å²) in [7, 11) is 0. The molecule has 5 heavy (non-hydrogen) atoms. The number of allylic oxidation sites excluding steroid dienone is 1. The van der Waals surface area contributed by atoms with Crippen LogP contribution in [-0.2, 0) is 0 Å². The summed E-state index contributed by atoms with van der Waals surface area (Å²) in [6.07, 6.45) is 1.75. The average molecular weight is 122 g/mol. The summed E-state index contributed by atoms with van der Waals surface area (Å²) >= 11 is 0. The van der Waals surface area contributed by atoms with E-state index in [1.807, 2.05) is 6.92 Å². The summed E-state index contributed by atoms with van der Waals surface area (Å²) in [6.45, 7) is 5.25. The quantitative estimate of drug-likeness (QED) is 0.224. The molecule has 0 radical (unpaired) electrons. The van der Waals surface area contributed by atoms with Crippen molar-refractivity contribution in [1.82, 2.24) is 0 Å². The van der Waals surface area contributed by atoms with Gasteiger partial charge in [0.05, 0.1) is 0 Å². The van der Waals surface area contributed by atoms with Crippen molar-refractivity contribution in [1.29, 1.82) is 0 Å². The predicted molar refractivity (Wildman–Crippen MR) is 18.1 cm³/mol. The van der Waals surface area contributed by atoms with Gasteiger partial charge in [-0.25, -0.2) is 0 Å². The fourth-order valence-corrected chi connectivity index (χ4v) is 0. The van der Waals surface area contributed by atoms with Gasteiger partial charge in [-0.1, -0.05) is 6.08 Å². The van der Waals surface area contributed by atoms with Gasteiger partial charge in [-0.05, 0) is 6.92 Å². The molecule has 0 unspecified atom stereocenters. The number of hydrogen-bond acceptors (Lipinski definition) is 0. The van der Waals surface area contributed by atoms with Gasteiger partial charge in [-0.15, -0.1) is 6.58 Å². The van der Waals surface area contributed by atoms with Crippen molar-refractivity contribution in [3.8, 4) is 0 Å². The van der Waals surface area contributed by atoms with Crippen LogP contribution in [0.1, 0.15) is 9.78 Å². The molecule has 0 atom stereocenters. The van der Waals surface area contributed by atoms with E-state index >= 15 is 0 Å². The Balaban J connectivity index is -0.00000000333. The predicted octanol–water partition coefficient (Wildman–Crippen LogP) is -4.57. The molecular weight excluding hydrogens is 114 g/mol. The minimum atomic E-state index is 0. The van der Waals surface area contributed by atoms with E-state index in [-0.39, 0.29) is 106 Å². The van der Waals surface area contributed by atoms with Crippen molar-refractivity contribution < 1.29 is 106 Å². The van der Waals surface area contributed by atoms with Crippen molar-refractivity contribution in [2.75, 3.05) is 0 Å². The third kappa shape index (κ3) is 19.4. The summed E-state index contributed by atoms with van der Waals surface area (Å²) < 4.78 is 0. The second kappa shape index (κ2) is 15.7. The van der Waals surface area contributed by atoms with Crippen LogP contribution >= 0.6 is 0 Å². The minimum absolute atomic E-state index is 0. The Morgan fingerprint density at radius 1 is 1.60 bits per heavy atom. The zero-order chi connectivity index (χ0) is 2.71. The van der Waals surface area contributed by atoms with Gasteiger partial charge in [0.2, 0.25) is 0 Å². The zero-order valence-corrected chi connectivity index (χ0v) is 10.5. The molecule has 0 bridgehead atoms. The molecular formula is C3H8K2. The van der Waals surface area contributed by atoms with E-state index in [0.29, 0.717) is 0 Å². The molecule has 0 amide bonds. The van der Waals surface area contributed by atoms with Gasteiger partial charge in [0, 0.05) is 0 Å². The van der Waals surface area contributed by atoms with Gasteiger partial charge in [0.1, 0.15) is 0 Å². The van der Waals surface area contributed by atoms with Crippen LogP contribution in [0.5, 0.6) is 0 Å². The SMILES string of the molecule is C=CC.[H-].[H-].[K+].[K+]. The molecule has 0 aliphatic carbocycles. The molecule has 0 saturated carbocycles. The topological polar surface area (TPSA) is 0 Å². The monoisotopic (exact) mass is 122 g/mol. The molecule has 0 rings (SSSR count). The summed E-state index contributed by atoms with van der Waals surface area (Å²) in [6, 6.07) is 0. The third-order valence-corrected chi connectivity index (χ3v) is 0. The van der Waals surface area contributed by atoms with E-state index < -0.39 is 0 Å². The first-order chi connectivity index (χ1) is 1.41. The molecule has 0 nitrogen and oxygen atoms in total. The van der Waals surface area contributed by atoms with Gasteiger partial charge in [-0.3, -0.25) is 0 Å². The van der Waals surface area contributed by atoms with Gasteiger partial charge in [-0.2, -0.15) is 0 Å². The smallest absolute Gasteiger partial charge is 1.00 e. The molecule has 0 N–H and O–H groups in total. The van der Waals surface area contributed by atoms with E-state index in [9.17, 15) is 0 Å². The number of rotatable bonds is 0. The van der Waals surface area contributed by atoms with Crippen molar-refractivity contribution >= 4 is 0 Å². The molecule has 0 heterocycles. The largest absolute Gasteiger partial charge is 1.00 e. The first-order valence-electron chi connectivity index (χ1n) is 0.986. The number of hydrogen-bond donors (Lipinski definition) is 0. The first-order valence-corrected chi connectivity index (χ1v) is 0.986. The molecule has 0 aromatic rings. The van der Waals surface area contributed by atoms with E-state index in [1.165, 1.54) is 0 Å². The molecule has 0 saturated heterocycles. The Bertz CT molecular complexity index is 18.4. The molecule has 0 aromatic carbocycles. The fraction of sp³-hybridized carbons (Fsp3) is 0.333. The summed E-state index contributed by atoms with van der Waals surface area (Å²) in [4.78, 5) is 0. The van der Waals surface area contributed by atoms with Crippen LogP contribution < -0.4 is 103 Å². The summed E-state index contributed by atoms with van der Waals surface area (Å²) in [5.41, 5.74) is 0. The maximum absolute atomic E-state index is 3.36. The van der Waals surface area contributed by atoms with Crippen LogP contribution in [0.3, 0.4) is 0 Å². The normalized spacial score (nSPS) is 2.60. The zero-order valence-electron chi connectivity index (χ0n) is 6.28. The van der Waals surface area contributed by atoms with Crippen LogP contribution in [0.2, 0.25) is 0 Å². The Kier molecular flexibility index (Phi) is 49.4. The van der Waals surface area contributed by atoms with Crippen molar-refractivity contribution in [3.63, 3.8) is 0 Å². The van der Waals surface area contributed by atoms with Crippen LogP contribution in [0.4, 0.5) is 0 Å². The van der Waals surface area contributed by atoms with Gasteiger partial charge >= 0.3 is 103 Å². The Morgan fingerprint density at radius 2 is 1.60 bits per heavy atom. The van der Waals surface area contributed by atoms with Crippen LogP contribution in [0.15, 0.2) is 12.7 Å². The van der Waals surface area contributed by atoms with E-state index in [1.54, 1.807) is 6.08 Å². The average Bonchev–Trinajstić information content (AvgIpc) is 0.918. The second-order valence-corrected chi connectivity index (χ2v) is 0.408. The molecule has 0 aliphatic rings. The molecule has 0 aromatic heterocycles. The van der Waals surface area contributed by atoms with Gasteiger partial charge in [0.25, 0.3) is 0 Å². The Morgan fingerprint density at radius 3 is 1.60 bits per heavy atom. The maximum atomic E-state index is 3.36. The summed E-state index contributed by atoms with van der Waals surface area (Å²) in [5, 5.41) is 0. The van der Waals surface area contributed by atoms with Crippen LogP contribution in [0, 0.1) is 0 Å². The molecule has 0 fully saturated rings. The Hall–Kier alpha value is 3.01. The van der Waals surface area contributed by atoms with Crippen LogP contribution in [-0.4, -0.2) is 0 Å². The fourth-order valence-electron chi connectivity index (χ4n) is 0. The van der Waals surface area contributed by atoms with Gasteiger partial charge in [0.15, 0.2) is 0 Å². The summed E-state index contributed by atoms with van der Waals surface area (Å²) in [5.74, 6) is 0. The molecule has 0 spiro atoms. The van der Waals surface area contributed by atoms with E-state index in [2.05, 4.69) is 6.58 Å². The molecule has 22 valence electrons. The van der Waals surface area contributed by atoms with Crippen molar-refractivity contribution in [2.45, 2.75) is 6.92 Å². The first kappa shape index (κ1) is 15.7. The molecule has 0 aliphatic heterocycles. The van der Waals surface area contributed by atoms with Crippen molar-refractivity contribution in [3.05, 3.63) is 12.7 Å². The van der Waals surface area contributed by atoms with E-state index in [4.69, 9.17) is 0 Å². The minimum Gasteiger partial charge on any atom is -1.00 e. The Labute approximate surface area is 122 Å². The maximum Gasteiger partial charge on any atom is 1.00 e. The van der Waals surface area contributed by atoms with E-state index in [0.717, 1.165) is 0 Å². The second-order valence-electron chi connectivity index (χ2n) is 0.408. The third-order valence-electron chi connectivity index (χ3n) is 0. The molecule has 2 heteroatoms. The van der Waals surface area contributed by atoms with Gasteiger partial charge < -0.3 is 2.85 Å². The standard InChI is InChI=1S/C3H6.2K.2H/c1-3-2;;;;/h3H,1H2,2H3;;;;/q;2*+1;2*-1. The van der Waals surface area contributed by atoms with Crippen LogP contribution in [0.25, 0.3) is 0 Å². The van der Waals surface area contributed by atoms with Crippen molar-refractivity contribution in [2.24, 2.45) is 0 Å².